The number of hydrogen-bond donors (Lipinski definition) is 3. The molecular formula is C19H27N5O. The van der Waals surface area contributed by atoms with Crippen molar-refractivity contribution in [2.24, 2.45) is 4.99 Å². The normalized spacial score (nSPS) is 21.1. The zero-order valence-electron chi connectivity index (χ0n) is 14.7. The molecule has 3 N–H and O–H groups in total. The van der Waals surface area contributed by atoms with Crippen LogP contribution in [0.4, 0.5) is 0 Å². The molecular weight excluding hydrogens is 314 g/mol. The second kappa shape index (κ2) is 8.67. The summed E-state index contributed by atoms with van der Waals surface area (Å²) in [5.41, 5.74) is 1.98. The molecule has 1 aromatic carbocycles. The van der Waals surface area contributed by atoms with Gasteiger partial charge in [-0.15, -0.1) is 0 Å². The van der Waals surface area contributed by atoms with E-state index in [9.17, 15) is 5.11 Å². The van der Waals surface area contributed by atoms with Crippen molar-refractivity contribution in [1.82, 2.24) is 20.4 Å². The third-order valence-corrected chi connectivity index (χ3v) is 4.45. The van der Waals surface area contributed by atoms with Crippen LogP contribution in [0, 0.1) is 0 Å². The van der Waals surface area contributed by atoms with Crippen LogP contribution in [0.1, 0.15) is 38.3 Å². The van der Waals surface area contributed by atoms with Crippen LogP contribution in [0.2, 0.25) is 0 Å². The number of aliphatic hydroxyl groups excluding tert-OH is 1. The zero-order chi connectivity index (χ0) is 17.5. The van der Waals surface area contributed by atoms with Crippen molar-refractivity contribution in [3.05, 3.63) is 48.3 Å². The number of para-hydroxylation sites is 1. The van der Waals surface area contributed by atoms with Gasteiger partial charge in [-0.1, -0.05) is 18.2 Å². The highest BCUT2D eigenvalue weighted by molar-refractivity contribution is 5.80. The van der Waals surface area contributed by atoms with E-state index in [0.29, 0.717) is 12.6 Å². The summed E-state index contributed by atoms with van der Waals surface area (Å²) in [6.07, 6.45) is 5.50. The van der Waals surface area contributed by atoms with Gasteiger partial charge in [-0.2, -0.15) is 5.10 Å². The van der Waals surface area contributed by atoms with Crippen LogP contribution in [-0.4, -0.2) is 39.5 Å². The molecule has 1 aromatic heterocycles. The quantitative estimate of drug-likeness (QED) is 0.576. The summed E-state index contributed by atoms with van der Waals surface area (Å²) < 4.78 is 1.87. The average molecular weight is 341 g/mol. The molecule has 0 atom stereocenters. The molecule has 0 spiro atoms. The Balaban J connectivity index is 1.60. The molecule has 134 valence electrons. The van der Waals surface area contributed by atoms with Gasteiger partial charge in [0, 0.05) is 18.8 Å². The van der Waals surface area contributed by atoms with Crippen LogP contribution in [0.25, 0.3) is 5.69 Å². The van der Waals surface area contributed by atoms with Gasteiger partial charge in [0.05, 0.1) is 24.0 Å². The van der Waals surface area contributed by atoms with Gasteiger partial charge in [0.25, 0.3) is 0 Å². The lowest BCUT2D eigenvalue weighted by Crippen LogP contribution is -2.45. The average Bonchev–Trinajstić information content (AvgIpc) is 3.12. The molecule has 1 aliphatic rings. The van der Waals surface area contributed by atoms with Crippen LogP contribution in [-0.2, 0) is 6.54 Å². The van der Waals surface area contributed by atoms with E-state index in [2.05, 4.69) is 27.6 Å². The second-order valence-corrected chi connectivity index (χ2v) is 6.43. The van der Waals surface area contributed by atoms with E-state index in [-0.39, 0.29) is 6.10 Å². The standard InChI is InChI=1S/C19H27N5O/c1-2-20-19(22-15-8-10-18(25)11-9-15)21-14-16-12-13-24(23-16)17-6-4-3-5-7-17/h3-7,12-13,15,18,25H,2,8-11,14H2,1H3,(H2,20,21,22). The summed E-state index contributed by atoms with van der Waals surface area (Å²) >= 11 is 0. The Morgan fingerprint density at radius 3 is 2.68 bits per heavy atom. The largest absolute Gasteiger partial charge is 0.393 e. The Kier molecular flexibility index (Phi) is 6.06. The maximum atomic E-state index is 9.63. The molecule has 2 aromatic rings. The van der Waals surface area contributed by atoms with Crippen molar-refractivity contribution in [3.63, 3.8) is 0 Å². The molecule has 0 amide bonds. The summed E-state index contributed by atoms with van der Waals surface area (Å²) in [6.45, 7) is 3.41. The highest BCUT2D eigenvalue weighted by atomic mass is 16.3. The van der Waals surface area contributed by atoms with Crippen molar-refractivity contribution < 1.29 is 5.11 Å². The van der Waals surface area contributed by atoms with Crippen LogP contribution in [0.5, 0.6) is 0 Å². The molecule has 1 saturated carbocycles. The Labute approximate surface area is 149 Å². The van der Waals surface area contributed by atoms with Gasteiger partial charge in [-0.3, -0.25) is 0 Å². The molecule has 1 aliphatic carbocycles. The molecule has 6 nitrogen and oxygen atoms in total. The van der Waals surface area contributed by atoms with E-state index in [1.807, 2.05) is 47.3 Å². The third kappa shape index (κ3) is 5.06. The van der Waals surface area contributed by atoms with Crippen LogP contribution < -0.4 is 10.6 Å². The topological polar surface area (TPSA) is 74.5 Å². The van der Waals surface area contributed by atoms with Crippen molar-refractivity contribution in [3.8, 4) is 5.69 Å². The molecule has 1 heterocycles. The predicted molar refractivity (Wildman–Crippen MR) is 99.8 cm³/mol. The fraction of sp³-hybridized carbons (Fsp3) is 0.474. The lowest BCUT2D eigenvalue weighted by atomic mass is 9.93. The van der Waals surface area contributed by atoms with Gasteiger partial charge in [-0.05, 0) is 50.8 Å². The molecule has 0 saturated heterocycles. The molecule has 6 heteroatoms. The van der Waals surface area contributed by atoms with Gasteiger partial charge < -0.3 is 15.7 Å². The highest BCUT2D eigenvalue weighted by Gasteiger charge is 2.19. The number of aliphatic hydroxyl groups is 1. The molecule has 0 radical (unpaired) electrons. The van der Waals surface area contributed by atoms with E-state index >= 15 is 0 Å². The Hall–Kier alpha value is -2.34. The van der Waals surface area contributed by atoms with E-state index in [1.165, 1.54) is 0 Å². The molecule has 1 fully saturated rings. The van der Waals surface area contributed by atoms with Crippen LogP contribution in [0.15, 0.2) is 47.6 Å². The Bertz CT molecular complexity index is 674. The summed E-state index contributed by atoms with van der Waals surface area (Å²) in [5, 5.41) is 21.0. The summed E-state index contributed by atoms with van der Waals surface area (Å²) in [6, 6.07) is 12.4. The number of aromatic nitrogens is 2. The fourth-order valence-electron chi connectivity index (χ4n) is 3.06. The maximum Gasteiger partial charge on any atom is 0.191 e. The predicted octanol–water partition coefficient (Wildman–Crippen LogP) is 2.23. The van der Waals surface area contributed by atoms with Gasteiger partial charge >= 0.3 is 0 Å². The van der Waals surface area contributed by atoms with Crippen LogP contribution in [0.3, 0.4) is 0 Å². The number of hydrogen-bond acceptors (Lipinski definition) is 3. The molecule has 3 rings (SSSR count). The van der Waals surface area contributed by atoms with E-state index < -0.39 is 0 Å². The van der Waals surface area contributed by atoms with Crippen molar-refractivity contribution in [2.75, 3.05) is 6.54 Å². The van der Waals surface area contributed by atoms with Crippen LogP contribution >= 0.6 is 0 Å². The number of rotatable bonds is 5. The number of guanidine groups is 1. The molecule has 0 aliphatic heterocycles. The first-order valence-electron chi connectivity index (χ1n) is 9.07. The van der Waals surface area contributed by atoms with Crippen molar-refractivity contribution in [1.29, 1.82) is 0 Å². The first-order valence-corrected chi connectivity index (χ1v) is 9.07. The van der Waals surface area contributed by atoms with Gasteiger partial charge in [0.1, 0.15) is 0 Å². The zero-order valence-corrected chi connectivity index (χ0v) is 14.7. The Morgan fingerprint density at radius 1 is 1.20 bits per heavy atom. The number of nitrogens with zero attached hydrogens (tertiary/aromatic N) is 3. The first-order chi connectivity index (χ1) is 12.2. The lowest BCUT2D eigenvalue weighted by molar-refractivity contribution is 0.120. The maximum absolute atomic E-state index is 9.63. The van der Waals surface area contributed by atoms with Gasteiger partial charge in [0.2, 0.25) is 0 Å². The van der Waals surface area contributed by atoms with Crippen molar-refractivity contribution >= 4 is 5.96 Å². The minimum atomic E-state index is -0.139. The molecule has 25 heavy (non-hydrogen) atoms. The SMILES string of the molecule is CCNC(=NCc1ccn(-c2ccccc2)n1)NC1CCC(O)CC1. The molecule has 0 unspecified atom stereocenters. The minimum absolute atomic E-state index is 0.139. The minimum Gasteiger partial charge on any atom is -0.393 e. The molecule has 0 bridgehead atoms. The van der Waals surface area contributed by atoms with Gasteiger partial charge in [-0.25, -0.2) is 9.67 Å². The van der Waals surface area contributed by atoms with E-state index in [0.717, 1.165) is 49.6 Å². The number of nitrogens with one attached hydrogen (secondary N) is 2. The first kappa shape index (κ1) is 17.5. The van der Waals surface area contributed by atoms with Gasteiger partial charge in [0.15, 0.2) is 5.96 Å². The summed E-state index contributed by atoms with van der Waals surface area (Å²) in [4.78, 5) is 4.66. The monoisotopic (exact) mass is 341 g/mol. The van der Waals surface area contributed by atoms with E-state index in [1.54, 1.807) is 0 Å². The lowest BCUT2D eigenvalue weighted by Gasteiger charge is -2.27. The summed E-state index contributed by atoms with van der Waals surface area (Å²) in [7, 11) is 0. The van der Waals surface area contributed by atoms with Crippen molar-refractivity contribution in [2.45, 2.75) is 51.3 Å². The van der Waals surface area contributed by atoms with E-state index in [4.69, 9.17) is 0 Å². The third-order valence-electron chi connectivity index (χ3n) is 4.45. The Morgan fingerprint density at radius 2 is 1.96 bits per heavy atom. The number of aliphatic imine (C=N–C) groups is 1. The highest BCUT2D eigenvalue weighted by Crippen LogP contribution is 2.18. The second-order valence-electron chi connectivity index (χ2n) is 6.43. The fourth-order valence-corrected chi connectivity index (χ4v) is 3.06. The number of benzene rings is 1. The summed E-state index contributed by atoms with van der Waals surface area (Å²) in [5.74, 6) is 0.818. The smallest absolute Gasteiger partial charge is 0.191 e.